The van der Waals surface area contributed by atoms with Crippen LogP contribution in [0.2, 0.25) is 0 Å². The summed E-state index contributed by atoms with van der Waals surface area (Å²) in [4.78, 5) is 0. The van der Waals surface area contributed by atoms with E-state index in [1.807, 2.05) is 0 Å². The highest BCUT2D eigenvalue weighted by atomic mass is 14.9. The second kappa shape index (κ2) is 3.61. The van der Waals surface area contributed by atoms with Gasteiger partial charge in [-0.05, 0) is 30.6 Å². The van der Waals surface area contributed by atoms with Crippen molar-refractivity contribution in [3.05, 3.63) is 0 Å². The molecule has 0 amide bonds. The highest BCUT2D eigenvalue weighted by molar-refractivity contribution is 5.09. The molecule has 1 nitrogen and oxygen atoms in total. The van der Waals surface area contributed by atoms with Crippen LogP contribution in [0.3, 0.4) is 0 Å². The molecule has 1 N–H and O–H groups in total. The predicted molar refractivity (Wildman–Crippen MR) is 58.9 cm³/mol. The monoisotopic (exact) mass is 183 g/mol. The SMILES string of the molecule is CCC(C)NCC1(C)CC1(C)CC. The largest absolute Gasteiger partial charge is 0.314 e. The summed E-state index contributed by atoms with van der Waals surface area (Å²) in [5.41, 5.74) is 1.19. The van der Waals surface area contributed by atoms with Crippen molar-refractivity contribution in [1.82, 2.24) is 5.32 Å². The van der Waals surface area contributed by atoms with Crippen molar-refractivity contribution in [3.8, 4) is 0 Å². The molecule has 0 spiro atoms. The van der Waals surface area contributed by atoms with Gasteiger partial charge in [-0.25, -0.2) is 0 Å². The smallest absolute Gasteiger partial charge is 0.00363 e. The van der Waals surface area contributed by atoms with Gasteiger partial charge in [-0.15, -0.1) is 0 Å². The van der Waals surface area contributed by atoms with Crippen molar-refractivity contribution < 1.29 is 0 Å². The molecule has 0 saturated heterocycles. The Hall–Kier alpha value is -0.0400. The van der Waals surface area contributed by atoms with Gasteiger partial charge in [0.15, 0.2) is 0 Å². The van der Waals surface area contributed by atoms with Gasteiger partial charge in [0.1, 0.15) is 0 Å². The summed E-state index contributed by atoms with van der Waals surface area (Å²) in [6.45, 7) is 12.9. The Morgan fingerprint density at radius 2 is 1.85 bits per heavy atom. The lowest BCUT2D eigenvalue weighted by atomic mass is 9.93. The molecule has 1 saturated carbocycles. The van der Waals surface area contributed by atoms with E-state index in [0.717, 1.165) is 0 Å². The highest BCUT2D eigenvalue weighted by Gasteiger charge is 2.58. The molecule has 0 radical (unpaired) electrons. The molecule has 78 valence electrons. The maximum Gasteiger partial charge on any atom is 0.00363 e. The van der Waals surface area contributed by atoms with Crippen LogP contribution >= 0.6 is 0 Å². The van der Waals surface area contributed by atoms with E-state index in [4.69, 9.17) is 0 Å². The zero-order valence-corrected chi connectivity index (χ0v) is 9.91. The van der Waals surface area contributed by atoms with Gasteiger partial charge in [0, 0.05) is 12.6 Å². The maximum absolute atomic E-state index is 3.62. The first-order valence-corrected chi connectivity index (χ1v) is 5.71. The standard InChI is InChI=1S/C12H25N/c1-6-10(3)13-9-12(5)8-11(12,4)7-2/h10,13H,6-9H2,1-5H3. The van der Waals surface area contributed by atoms with E-state index in [2.05, 4.69) is 39.9 Å². The van der Waals surface area contributed by atoms with E-state index in [-0.39, 0.29) is 0 Å². The second-order valence-corrected chi connectivity index (χ2v) is 5.34. The second-order valence-electron chi connectivity index (χ2n) is 5.34. The summed E-state index contributed by atoms with van der Waals surface area (Å²) in [6.07, 6.45) is 3.96. The third kappa shape index (κ3) is 2.07. The molecule has 13 heavy (non-hydrogen) atoms. The van der Waals surface area contributed by atoms with Crippen molar-refractivity contribution in [3.63, 3.8) is 0 Å². The zero-order chi connectivity index (χ0) is 10.1. The lowest BCUT2D eigenvalue weighted by Gasteiger charge is -2.20. The molecule has 1 aliphatic rings. The molecule has 3 atom stereocenters. The van der Waals surface area contributed by atoms with E-state index >= 15 is 0 Å². The molecule has 0 aromatic carbocycles. The van der Waals surface area contributed by atoms with Crippen LogP contribution < -0.4 is 5.32 Å². The lowest BCUT2D eigenvalue weighted by Crippen LogP contribution is -2.32. The van der Waals surface area contributed by atoms with E-state index in [1.54, 1.807) is 0 Å². The van der Waals surface area contributed by atoms with Crippen LogP contribution in [0.1, 0.15) is 53.9 Å². The molecular weight excluding hydrogens is 158 g/mol. The van der Waals surface area contributed by atoms with Crippen LogP contribution in [-0.2, 0) is 0 Å². The molecule has 1 rings (SSSR count). The fourth-order valence-corrected chi connectivity index (χ4v) is 2.19. The Kier molecular flexibility index (Phi) is 3.06. The lowest BCUT2D eigenvalue weighted by molar-refractivity contribution is 0.341. The Balaban J connectivity index is 2.31. The van der Waals surface area contributed by atoms with Crippen molar-refractivity contribution in [2.45, 2.75) is 59.9 Å². The van der Waals surface area contributed by atoms with Gasteiger partial charge in [0.2, 0.25) is 0 Å². The molecule has 1 aliphatic carbocycles. The summed E-state index contributed by atoms with van der Waals surface area (Å²) in [7, 11) is 0. The molecule has 0 aromatic heterocycles. The molecule has 3 unspecified atom stereocenters. The topological polar surface area (TPSA) is 12.0 Å². The first kappa shape index (κ1) is 11.0. The van der Waals surface area contributed by atoms with Gasteiger partial charge in [-0.3, -0.25) is 0 Å². The van der Waals surface area contributed by atoms with Crippen LogP contribution in [0.15, 0.2) is 0 Å². The number of rotatable bonds is 5. The van der Waals surface area contributed by atoms with Gasteiger partial charge in [0.25, 0.3) is 0 Å². The van der Waals surface area contributed by atoms with Crippen LogP contribution in [0.5, 0.6) is 0 Å². The fraction of sp³-hybridized carbons (Fsp3) is 1.00. The van der Waals surface area contributed by atoms with Gasteiger partial charge in [-0.1, -0.05) is 34.1 Å². The maximum atomic E-state index is 3.62. The first-order valence-electron chi connectivity index (χ1n) is 5.71. The van der Waals surface area contributed by atoms with Crippen LogP contribution in [0.25, 0.3) is 0 Å². The van der Waals surface area contributed by atoms with Crippen LogP contribution in [-0.4, -0.2) is 12.6 Å². The fourth-order valence-electron chi connectivity index (χ4n) is 2.19. The molecule has 0 heterocycles. The predicted octanol–water partition coefficient (Wildman–Crippen LogP) is 3.20. The number of hydrogen-bond acceptors (Lipinski definition) is 1. The van der Waals surface area contributed by atoms with Gasteiger partial charge < -0.3 is 5.32 Å². The molecule has 1 heteroatoms. The van der Waals surface area contributed by atoms with Crippen LogP contribution in [0.4, 0.5) is 0 Å². The number of hydrogen-bond donors (Lipinski definition) is 1. The highest BCUT2D eigenvalue weighted by Crippen LogP contribution is 2.64. The third-order valence-corrected chi connectivity index (χ3v) is 4.35. The minimum atomic E-state index is 0.575. The normalized spacial score (nSPS) is 40.4. The Labute approximate surface area is 83.3 Å². The summed E-state index contributed by atoms with van der Waals surface area (Å²) < 4.78 is 0. The van der Waals surface area contributed by atoms with Gasteiger partial charge in [-0.2, -0.15) is 0 Å². The first-order chi connectivity index (χ1) is 5.97. The minimum Gasteiger partial charge on any atom is -0.314 e. The van der Waals surface area contributed by atoms with Crippen molar-refractivity contribution in [2.75, 3.05) is 6.54 Å². The van der Waals surface area contributed by atoms with Crippen molar-refractivity contribution >= 4 is 0 Å². The van der Waals surface area contributed by atoms with Gasteiger partial charge >= 0.3 is 0 Å². The molecule has 1 fully saturated rings. The summed E-state index contributed by atoms with van der Waals surface area (Å²) in [5, 5.41) is 3.62. The quantitative estimate of drug-likeness (QED) is 0.690. The van der Waals surface area contributed by atoms with E-state index in [0.29, 0.717) is 16.9 Å². The minimum absolute atomic E-state index is 0.575. The number of nitrogens with one attached hydrogen (secondary N) is 1. The third-order valence-electron chi connectivity index (χ3n) is 4.35. The summed E-state index contributed by atoms with van der Waals surface area (Å²) in [6, 6.07) is 0.679. The van der Waals surface area contributed by atoms with Crippen LogP contribution in [0, 0.1) is 10.8 Å². The van der Waals surface area contributed by atoms with Gasteiger partial charge in [0.05, 0.1) is 0 Å². The van der Waals surface area contributed by atoms with E-state index in [1.165, 1.54) is 25.8 Å². The summed E-state index contributed by atoms with van der Waals surface area (Å²) >= 11 is 0. The Morgan fingerprint density at radius 3 is 2.23 bits per heavy atom. The van der Waals surface area contributed by atoms with Crippen molar-refractivity contribution in [2.24, 2.45) is 10.8 Å². The Bertz CT molecular complexity index is 178. The Morgan fingerprint density at radius 1 is 1.23 bits per heavy atom. The summed E-state index contributed by atoms with van der Waals surface area (Å²) in [5.74, 6) is 0. The molecular formula is C12H25N. The molecule has 0 aliphatic heterocycles. The van der Waals surface area contributed by atoms with E-state index in [9.17, 15) is 0 Å². The average molecular weight is 183 g/mol. The van der Waals surface area contributed by atoms with Crippen molar-refractivity contribution in [1.29, 1.82) is 0 Å². The average Bonchev–Trinajstić information content (AvgIpc) is 2.67. The molecule has 0 bridgehead atoms. The van der Waals surface area contributed by atoms with E-state index < -0.39 is 0 Å². The molecule has 0 aromatic rings. The zero-order valence-electron chi connectivity index (χ0n) is 9.91.